The van der Waals surface area contributed by atoms with Crippen molar-refractivity contribution in [3.63, 3.8) is 0 Å². The average Bonchev–Trinajstić information content (AvgIpc) is 2.84. The van der Waals surface area contributed by atoms with E-state index in [9.17, 15) is 4.79 Å². The first-order valence-electron chi connectivity index (χ1n) is 6.64. The highest BCUT2D eigenvalue weighted by molar-refractivity contribution is 5.94. The van der Waals surface area contributed by atoms with Crippen molar-refractivity contribution in [3.05, 3.63) is 23.9 Å². The molecule has 2 rings (SSSR count). The molecule has 19 heavy (non-hydrogen) atoms. The molecular weight excluding hydrogens is 244 g/mol. The molecule has 1 N–H and O–H groups in total. The maximum Gasteiger partial charge on any atom is 0.341 e. The molecule has 1 unspecified atom stereocenters. The molecule has 1 atom stereocenters. The van der Waals surface area contributed by atoms with Gasteiger partial charge in [-0.1, -0.05) is 0 Å². The predicted octanol–water partition coefficient (Wildman–Crippen LogP) is 2.24. The lowest BCUT2D eigenvalue weighted by atomic mass is 10.0. The molecule has 1 aliphatic rings. The lowest BCUT2D eigenvalue weighted by Crippen LogP contribution is -2.33. The number of pyridine rings is 1. The van der Waals surface area contributed by atoms with E-state index in [0.29, 0.717) is 24.5 Å². The Bertz CT molecular complexity index is 442. The van der Waals surface area contributed by atoms with E-state index >= 15 is 0 Å². The number of nitrogens with one attached hydrogen (secondary N) is 1. The summed E-state index contributed by atoms with van der Waals surface area (Å²) in [6, 6.07) is 3.44. The molecule has 0 aromatic carbocycles. The van der Waals surface area contributed by atoms with Gasteiger partial charge in [-0.15, -0.1) is 0 Å². The van der Waals surface area contributed by atoms with Crippen LogP contribution in [-0.2, 0) is 9.47 Å². The number of nitrogens with zero attached hydrogens (tertiary/aromatic N) is 1. The number of hydrogen-bond acceptors (Lipinski definition) is 5. The van der Waals surface area contributed by atoms with Crippen molar-refractivity contribution < 1.29 is 14.3 Å². The minimum atomic E-state index is -0.351. The van der Waals surface area contributed by atoms with E-state index < -0.39 is 0 Å². The first kappa shape index (κ1) is 13.8. The highest BCUT2D eigenvalue weighted by atomic mass is 16.5. The minimum Gasteiger partial charge on any atom is -0.462 e. The van der Waals surface area contributed by atoms with E-state index in [1.165, 1.54) is 0 Å². The van der Waals surface area contributed by atoms with Gasteiger partial charge >= 0.3 is 5.97 Å². The van der Waals surface area contributed by atoms with Crippen LogP contribution in [0.5, 0.6) is 0 Å². The van der Waals surface area contributed by atoms with Gasteiger partial charge in [0.2, 0.25) is 0 Å². The Labute approximate surface area is 113 Å². The van der Waals surface area contributed by atoms with Crippen LogP contribution in [-0.4, -0.2) is 36.3 Å². The molecule has 0 saturated carbocycles. The fourth-order valence-corrected chi connectivity index (χ4v) is 2.17. The van der Waals surface area contributed by atoms with Crippen LogP contribution in [0.15, 0.2) is 18.3 Å². The van der Waals surface area contributed by atoms with Crippen LogP contribution in [0.1, 0.15) is 37.0 Å². The zero-order chi connectivity index (χ0) is 13.7. The van der Waals surface area contributed by atoms with Crippen LogP contribution in [0.3, 0.4) is 0 Å². The second-order valence-electron chi connectivity index (χ2n) is 4.88. The van der Waals surface area contributed by atoms with Gasteiger partial charge in [0.1, 0.15) is 11.4 Å². The number of anilines is 1. The van der Waals surface area contributed by atoms with Gasteiger partial charge in [0.15, 0.2) is 0 Å². The summed E-state index contributed by atoms with van der Waals surface area (Å²) in [7, 11) is 0. The number of esters is 1. The van der Waals surface area contributed by atoms with Crippen LogP contribution in [0.25, 0.3) is 0 Å². The Kier molecular flexibility index (Phi) is 4.37. The first-order valence-corrected chi connectivity index (χ1v) is 6.64. The second-order valence-corrected chi connectivity index (χ2v) is 4.88. The number of hydrogen-bond donors (Lipinski definition) is 1. The summed E-state index contributed by atoms with van der Waals surface area (Å²) in [6.45, 7) is 5.64. The monoisotopic (exact) mass is 264 g/mol. The van der Waals surface area contributed by atoms with Gasteiger partial charge in [0, 0.05) is 19.3 Å². The summed E-state index contributed by atoms with van der Waals surface area (Å²) in [5.74, 6) is 0.202. The maximum absolute atomic E-state index is 11.8. The fraction of sp³-hybridized carbons (Fsp3) is 0.571. The van der Waals surface area contributed by atoms with Crippen molar-refractivity contribution in [1.82, 2.24) is 4.98 Å². The third kappa shape index (κ3) is 3.44. The minimum absolute atomic E-state index is 0.177. The molecule has 2 heterocycles. The molecule has 1 aromatic rings. The fourth-order valence-electron chi connectivity index (χ4n) is 2.17. The van der Waals surface area contributed by atoms with Gasteiger partial charge in [0.25, 0.3) is 0 Å². The second kappa shape index (κ2) is 6.02. The van der Waals surface area contributed by atoms with Crippen molar-refractivity contribution in [3.8, 4) is 0 Å². The van der Waals surface area contributed by atoms with Gasteiger partial charge in [-0.3, -0.25) is 0 Å². The van der Waals surface area contributed by atoms with E-state index in [-0.39, 0.29) is 11.6 Å². The number of rotatable bonds is 5. The highest BCUT2D eigenvalue weighted by Crippen LogP contribution is 2.25. The van der Waals surface area contributed by atoms with Crippen LogP contribution in [0, 0.1) is 0 Å². The van der Waals surface area contributed by atoms with Crippen LogP contribution >= 0.6 is 0 Å². The smallest absolute Gasteiger partial charge is 0.341 e. The summed E-state index contributed by atoms with van der Waals surface area (Å²) in [5, 5.41) is 3.20. The molecule has 5 nitrogen and oxygen atoms in total. The van der Waals surface area contributed by atoms with Gasteiger partial charge in [-0.2, -0.15) is 0 Å². The molecule has 1 aliphatic heterocycles. The summed E-state index contributed by atoms with van der Waals surface area (Å²) >= 11 is 0. The SMILES string of the molecule is CCOC(=O)c1cccnc1NCC1(C)CCCO1. The van der Waals surface area contributed by atoms with Gasteiger partial charge in [-0.05, 0) is 38.8 Å². The standard InChI is InChI=1S/C14H20N2O3/c1-3-18-13(17)11-6-4-8-15-12(11)16-10-14(2)7-5-9-19-14/h4,6,8H,3,5,7,9-10H2,1-2H3,(H,15,16). The number of carbonyl (C=O) groups excluding carboxylic acids is 1. The van der Waals surface area contributed by atoms with Crippen LogP contribution in [0.2, 0.25) is 0 Å². The number of carbonyl (C=O) groups is 1. The molecule has 0 bridgehead atoms. The molecule has 0 radical (unpaired) electrons. The summed E-state index contributed by atoms with van der Waals surface area (Å²) in [5.41, 5.74) is 0.287. The average molecular weight is 264 g/mol. The first-order chi connectivity index (χ1) is 9.14. The van der Waals surface area contributed by atoms with Crippen LogP contribution < -0.4 is 5.32 Å². The molecule has 0 spiro atoms. The van der Waals surface area contributed by atoms with Crippen LogP contribution in [0.4, 0.5) is 5.82 Å². The molecule has 1 saturated heterocycles. The summed E-state index contributed by atoms with van der Waals surface area (Å²) < 4.78 is 10.7. The Morgan fingerprint density at radius 1 is 1.63 bits per heavy atom. The zero-order valence-electron chi connectivity index (χ0n) is 11.4. The molecule has 5 heteroatoms. The molecule has 1 aromatic heterocycles. The molecule has 0 aliphatic carbocycles. The summed E-state index contributed by atoms with van der Waals surface area (Å²) in [6.07, 6.45) is 3.75. The largest absolute Gasteiger partial charge is 0.462 e. The van der Waals surface area contributed by atoms with E-state index in [0.717, 1.165) is 19.4 Å². The normalized spacial score (nSPS) is 22.2. The third-order valence-electron chi connectivity index (χ3n) is 3.23. The van der Waals surface area contributed by atoms with Crippen molar-refractivity contribution in [2.75, 3.05) is 25.1 Å². The van der Waals surface area contributed by atoms with E-state index in [2.05, 4.69) is 17.2 Å². The highest BCUT2D eigenvalue weighted by Gasteiger charge is 2.30. The van der Waals surface area contributed by atoms with Crippen molar-refractivity contribution in [2.24, 2.45) is 0 Å². The van der Waals surface area contributed by atoms with E-state index in [1.54, 1.807) is 25.3 Å². The van der Waals surface area contributed by atoms with Crippen molar-refractivity contribution in [1.29, 1.82) is 0 Å². The lowest BCUT2D eigenvalue weighted by molar-refractivity contribution is 0.0313. The maximum atomic E-state index is 11.8. The quantitative estimate of drug-likeness (QED) is 0.826. The molecule has 104 valence electrons. The van der Waals surface area contributed by atoms with E-state index in [4.69, 9.17) is 9.47 Å². The zero-order valence-corrected chi connectivity index (χ0v) is 11.4. The number of ether oxygens (including phenoxy) is 2. The third-order valence-corrected chi connectivity index (χ3v) is 3.23. The lowest BCUT2D eigenvalue weighted by Gasteiger charge is -2.24. The Morgan fingerprint density at radius 2 is 2.47 bits per heavy atom. The Balaban J connectivity index is 2.05. The molecule has 1 fully saturated rings. The summed E-state index contributed by atoms with van der Waals surface area (Å²) in [4.78, 5) is 16.0. The van der Waals surface area contributed by atoms with Gasteiger partial charge in [-0.25, -0.2) is 9.78 Å². The Hall–Kier alpha value is -1.62. The molecule has 0 amide bonds. The topological polar surface area (TPSA) is 60.5 Å². The van der Waals surface area contributed by atoms with Crippen molar-refractivity contribution in [2.45, 2.75) is 32.3 Å². The van der Waals surface area contributed by atoms with Crippen molar-refractivity contribution >= 4 is 11.8 Å². The van der Waals surface area contributed by atoms with E-state index in [1.807, 2.05) is 0 Å². The predicted molar refractivity (Wildman–Crippen MR) is 72.3 cm³/mol. The number of aromatic nitrogens is 1. The Morgan fingerprint density at radius 3 is 3.16 bits per heavy atom. The molecular formula is C14H20N2O3. The van der Waals surface area contributed by atoms with Gasteiger partial charge in [0.05, 0.1) is 12.2 Å². The van der Waals surface area contributed by atoms with Gasteiger partial charge < -0.3 is 14.8 Å².